The van der Waals surface area contributed by atoms with Crippen LogP contribution in [0, 0.1) is 28.6 Å². The number of carbonyl (C=O) groups excluding carboxylic acids is 1. The summed E-state index contributed by atoms with van der Waals surface area (Å²) in [5.74, 6) is 1.94. The number of rotatable bonds is 2. The maximum atomic E-state index is 11.7. The van der Waals surface area contributed by atoms with Crippen LogP contribution in [0.1, 0.15) is 69.9 Å². The van der Waals surface area contributed by atoms with Crippen LogP contribution < -0.4 is 0 Å². The molecule has 1 aromatic carbocycles. The van der Waals surface area contributed by atoms with Crippen molar-refractivity contribution in [3.63, 3.8) is 0 Å². The summed E-state index contributed by atoms with van der Waals surface area (Å²) in [6.45, 7) is 6.49. The van der Waals surface area contributed by atoms with E-state index in [0.717, 1.165) is 28.7 Å². The topological polar surface area (TPSA) is 39.2 Å². The molecule has 6 atom stereocenters. The van der Waals surface area contributed by atoms with Crippen molar-refractivity contribution in [2.45, 2.75) is 71.8 Å². The molecule has 1 heterocycles. The first-order chi connectivity index (χ1) is 15.8. The molecule has 2 saturated carbocycles. The lowest BCUT2D eigenvalue weighted by atomic mass is 9.48. The molecular formula is C28H32BrNO2S. The van der Waals surface area contributed by atoms with Gasteiger partial charge in [0.25, 0.3) is 0 Å². The Morgan fingerprint density at radius 2 is 1.91 bits per heavy atom. The van der Waals surface area contributed by atoms with Crippen LogP contribution >= 0.6 is 27.3 Å². The number of nitrogens with zero attached hydrogens (tertiary/aromatic N) is 1. The molecule has 6 rings (SSSR count). The summed E-state index contributed by atoms with van der Waals surface area (Å²) in [6, 6.07) is 8.54. The number of halogens is 1. The highest BCUT2D eigenvalue weighted by Crippen LogP contribution is 2.66. The number of hydrogen-bond acceptors (Lipinski definition) is 4. The van der Waals surface area contributed by atoms with Crippen molar-refractivity contribution >= 4 is 38.8 Å². The Morgan fingerprint density at radius 1 is 1.12 bits per heavy atom. The average molecular weight is 527 g/mol. The van der Waals surface area contributed by atoms with Gasteiger partial charge in [-0.1, -0.05) is 48.0 Å². The zero-order valence-electron chi connectivity index (χ0n) is 19.7. The summed E-state index contributed by atoms with van der Waals surface area (Å²) in [5, 5.41) is 1.15. The van der Waals surface area contributed by atoms with E-state index in [1.54, 1.807) is 6.92 Å². The van der Waals surface area contributed by atoms with Crippen LogP contribution in [-0.4, -0.2) is 17.1 Å². The molecule has 0 radical (unpaired) electrons. The summed E-state index contributed by atoms with van der Waals surface area (Å²) < 4.78 is 6.93. The number of thiazole rings is 1. The molecule has 0 unspecified atom stereocenters. The Kier molecular flexibility index (Phi) is 5.19. The quantitative estimate of drug-likeness (QED) is 0.377. The summed E-state index contributed by atoms with van der Waals surface area (Å²) in [4.78, 5) is 18.4. The highest BCUT2D eigenvalue weighted by atomic mass is 79.9. The summed E-state index contributed by atoms with van der Waals surface area (Å²) >= 11 is 5.43. The predicted molar refractivity (Wildman–Crippen MR) is 137 cm³/mol. The van der Waals surface area contributed by atoms with Crippen LogP contribution in [0.5, 0.6) is 0 Å². The summed E-state index contributed by atoms with van der Waals surface area (Å²) in [5.41, 5.74) is 4.36. The number of allylic oxidation sites excluding steroid dienone is 2. The second kappa shape index (κ2) is 7.78. The average Bonchev–Trinajstić information content (AvgIpc) is 3.35. The van der Waals surface area contributed by atoms with Gasteiger partial charge in [0.2, 0.25) is 0 Å². The molecule has 0 N–H and O–H groups in total. The fraction of sp³-hybridized carbons (Fsp3) is 0.571. The first-order valence-corrected chi connectivity index (χ1v) is 14.0. The second-order valence-corrected chi connectivity index (χ2v) is 13.2. The number of aryl methyl sites for hydroxylation is 1. The highest BCUT2D eigenvalue weighted by molar-refractivity contribution is 9.10. The third-order valence-corrected chi connectivity index (χ3v) is 11.3. The molecule has 2 aromatic rings. The fourth-order valence-electron chi connectivity index (χ4n) is 7.95. The van der Waals surface area contributed by atoms with E-state index in [-0.39, 0.29) is 22.9 Å². The Balaban J connectivity index is 1.33. The van der Waals surface area contributed by atoms with Crippen molar-refractivity contribution in [1.29, 1.82) is 0 Å². The SMILES string of the molecule is CC(=O)O[C@H]1CC[C@H]2[C@@H]3CC=C4c5nc(-c6ccc(Br)cc6)sc5CC[C@]4(C)[C@H]3CC[C@]12C. The van der Waals surface area contributed by atoms with Crippen molar-refractivity contribution < 1.29 is 9.53 Å². The van der Waals surface area contributed by atoms with Crippen molar-refractivity contribution in [3.05, 3.63) is 45.4 Å². The molecule has 33 heavy (non-hydrogen) atoms. The van der Waals surface area contributed by atoms with Crippen LogP contribution in [-0.2, 0) is 16.0 Å². The monoisotopic (exact) mass is 525 g/mol. The number of hydrogen-bond donors (Lipinski definition) is 0. The lowest BCUT2D eigenvalue weighted by Crippen LogP contribution is -2.50. The smallest absolute Gasteiger partial charge is 0.302 e. The number of ether oxygens (including phenoxy) is 1. The standard InChI is InChI=1S/C28H32BrNO2S/c1-16(31)32-24-11-10-20-19-8-9-22-25-23(33-26(30-25)17-4-6-18(29)7-5-17)13-15-27(22,2)21(19)12-14-28(20,24)3/h4-7,9,19-21,24H,8,10-15H2,1-3H3/t19-,20-,21-,24-,27+,28-/m0/s1. The largest absolute Gasteiger partial charge is 0.462 e. The fourth-order valence-corrected chi connectivity index (χ4v) is 9.29. The maximum absolute atomic E-state index is 11.7. The number of benzene rings is 1. The van der Waals surface area contributed by atoms with E-state index in [2.05, 4.69) is 60.1 Å². The molecule has 174 valence electrons. The normalized spacial score (nSPS) is 36.8. The van der Waals surface area contributed by atoms with Crippen molar-refractivity contribution in [2.75, 3.05) is 0 Å². The first-order valence-electron chi connectivity index (χ1n) is 12.4. The van der Waals surface area contributed by atoms with Gasteiger partial charge in [-0.3, -0.25) is 4.79 Å². The lowest BCUT2D eigenvalue weighted by Gasteiger charge is -2.56. The number of carbonyl (C=O) groups is 1. The van der Waals surface area contributed by atoms with E-state index in [1.165, 1.54) is 47.4 Å². The van der Waals surface area contributed by atoms with E-state index in [9.17, 15) is 4.79 Å². The first kappa shape index (κ1) is 22.0. The van der Waals surface area contributed by atoms with Crippen molar-refractivity contribution in [2.24, 2.45) is 28.6 Å². The third kappa shape index (κ3) is 3.32. The molecule has 0 bridgehead atoms. The van der Waals surface area contributed by atoms with E-state index in [1.807, 2.05) is 11.3 Å². The minimum atomic E-state index is -0.119. The molecule has 5 heteroatoms. The maximum Gasteiger partial charge on any atom is 0.302 e. The van der Waals surface area contributed by atoms with Crippen molar-refractivity contribution in [1.82, 2.24) is 4.98 Å². The van der Waals surface area contributed by atoms with Gasteiger partial charge in [-0.25, -0.2) is 4.98 Å². The Labute approximate surface area is 209 Å². The summed E-state index contributed by atoms with van der Waals surface area (Å²) in [7, 11) is 0. The Hall–Kier alpha value is -1.46. The number of esters is 1. The van der Waals surface area contributed by atoms with Crippen LogP contribution in [0.3, 0.4) is 0 Å². The molecule has 4 aliphatic rings. The summed E-state index contributed by atoms with van der Waals surface area (Å²) in [6.07, 6.45) is 10.8. The number of aromatic nitrogens is 1. The molecule has 0 spiro atoms. The molecule has 0 saturated heterocycles. The third-order valence-electron chi connectivity index (χ3n) is 9.60. The van der Waals surface area contributed by atoms with Crippen molar-refractivity contribution in [3.8, 4) is 10.6 Å². The van der Waals surface area contributed by atoms with Crippen LogP contribution in [0.2, 0.25) is 0 Å². The van der Waals surface area contributed by atoms with Crippen LogP contribution in [0.15, 0.2) is 34.8 Å². The van der Waals surface area contributed by atoms with Gasteiger partial charge in [-0.2, -0.15) is 0 Å². The minimum Gasteiger partial charge on any atom is -0.462 e. The minimum absolute atomic E-state index is 0.101. The van der Waals surface area contributed by atoms with Gasteiger partial charge >= 0.3 is 5.97 Å². The molecule has 4 aliphatic carbocycles. The van der Waals surface area contributed by atoms with Gasteiger partial charge in [0.1, 0.15) is 11.1 Å². The Morgan fingerprint density at radius 3 is 2.67 bits per heavy atom. The van der Waals surface area contributed by atoms with E-state index >= 15 is 0 Å². The van der Waals surface area contributed by atoms with Gasteiger partial charge in [0, 0.05) is 27.3 Å². The number of fused-ring (bicyclic) bond motifs is 7. The molecule has 0 amide bonds. The lowest BCUT2D eigenvalue weighted by molar-refractivity contribution is -0.156. The van der Waals surface area contributed by atoms with E-state index in [4.69, 9.17) is 9.72 Å². The molecule has 2 fully saturated rings. The molecule has 3 nitrogen and oxygen atoms in total. The van der Waals surface area contributed by atoms with Gasteiger partial charge in [-0.15, -0.1) is 11.3 Å². The highest BCUT2D eigenvalue weighted by Gasteiger charge is 2.59. The zero-order valence-corrected chi connectivity index (χ0v) is 22.1. The zero-order chi connectivity index (χ0) is 23.0. The van der Waals surface area contributed by atoms with E-state index in [0.29, 0.717) is 17.8 Å². The molecule has 1 aromatic heterocycles. The predicted octanol–water partition coefficient (Wildman–Crippen LogP) is 7.69. The van der Waals surface area contributed by atoms with Crippen LogP contribution in [0.4, 0.5) is 0 Å². The van der Waals surface area contributed by atoms with Gasteiger partial charge in [0.05, 0.1) is 5.69 Å². The Bertz CT molecular complexity index is 1140. The van der Waals surface area contributed by atoms with Gasteiger partial charge in [-0.05, 0) is 85.8 Å². The van der Waals surface area contributed by atoms with Gasteiger partial charge in [0.15, 0.2) is 0 Å². The second-order valence-electron chi connectivity index (χ2n) is 11.2. The van der Waals surface area contributed by atoms with Gasteiger partial charge < -0.3 is 4.74 Å². The van der Waals surface area contributed by atoms with Crippen LogP contribution in [0.25, 0.3) is 16.1 Å². The molecule has 0 aliphatic heterocycles. The van der Waals surface area contributed by atoms with E-state index < -0.39 is 0 Å². The molecular weight excluding hydrogens is 494 g/mol.